The van der Waals surface area contributed by atoms with Crippen LogP contribution in [0.2, 0.25) is 0 Å². The van der Waals surface area contributed by atoms with Gasteiger partial charge in [-0.1, -0.05) is 25.1 Å². The summed E-state index contributed by atoms with van der Waals surface area (Å²) in [4.78, 5) is 39.7. The highest BCUT2D eigenvalue weighted by atomic mass is 16.5. The van der Waals surface area contributed by atoms with E-state index in [0.29, 0.717) is 6.42 Å². The van der Waals surface area contributed by atoms with E-state index in [1.807, 2.05) is 0 Å². The summed E-state index contributed by atoms with van der Waals surface area (Å²) in [5.74, 6) is -4.04. The number of aliphatic hydroxyl groups is 4. The van der Waals surface area contributed by atoms with Gasteiger partial charge < -0.3 is 41.1 Å². The van der Waals surface area contributed by atoms with Gasteiger partial charge in [0.05, 0.1) is 36.0 Å². The predicted octanol–water partition coefficient (Wildman–Crippen LogP) is 0.149. The van der Waals surface area contributed by atoms with Crippen molar-refractivity contribution in [2.45, 2.75) is 69.2 Å². The maximum Gasteiger partial charge on any atom is 0.198 e. The van der Waals surface area contributed by atoms with Gasteiger partial charge in [0.2, 0.25) is 0 Å². The summed E-state index contributed by atoms with van der Waals surface area (Å²) in [5.41, 5.74) is 2.75. The molecule has 1 fully saturated rings. The van der Waals surface area contributed by atoms with Crippen molar-refractivity contribution < 1.29 is 49.8 Å². The molecule has 0 bridgehead atoms. The second-order valence-electron chi connectivity index (χ2n) is 10.8. The first-order valence-corrected chi connectivity index (χ1v) is 12.8. The van der Waals surface area contributed by atoms with Crippen LogP contribution in [-0.4, -0.2) is 78.4 Å². The van der Waals surface area contributed by atoms with Crippen LogP contribution in [0.3, 0.4) is 0 Å². The van der Waals surface area contributed by atoms with Gasteiger partial charge in [0.15, 0.2) is 17.3 Å². The number of aromatic hydroxyl groups is 2. The third-order valence-electron chi connectivity index (χ3n) is 8.36. The number of hydrogen-bond acceptors (Lipinski definition) is 11. The number of benzene rings is 2. The molecule has 0 aromatic heterocycles. The van der Waals surface area contributed by atoms with Gasteiger partial charge in [-0.15, -0.1) is 0 Å². The molecule has 0 aliphatic heterocycles. The van der Waals surface area contributed by atoms with Crippen LogP contribution in [0.15, 0.2) is 18.2 Å². The van der Waals surface area contributed by atoms with Crippen molar-refractivity contribution in [2.24, 2.45) is 11.7 Å². The molecule has 8 N–H and O–H groups in total. The fourth-order valence-corrected chi connectivity index (χ4v) is 6.32. The van der Waals surface area contributed by atoms with Gasteiger partial charge in [-0.05, 0) is 24.3 Å². The van der Waals surface area contributed by atoms with Crippen molar-refractivity contribution in [1.29, 1.82) is 0 Å². The molecule has 0 spiro atoms. The lowest BCUT2D eigenvalue weighted by Crippen LogP contribution is -2.50. The SMILES string of the molecule is CC1C[C@@H](O[C@H]2C[C@](O)(C(=O)CO)Cc3c(O)c4c(c(O)c32)C(=O)c2c(CO)cccc2C4=O)C[C@@H](N)[C@H]1O. The lowest BCUT2D eigenvalue weighted by Gasteiger charge is -2.42. The van der Waals surface area contributed by atoms with E-state index in [1.54, 1.807) is 6.92 Å². The number of ether oxygens (including phenoxy) is 1. The quantitative estimate of drug-likeness (QED) is 0.216. The molecule has 11 heteroatoms. The van der Waals surface area contributed by atoms with Crippen LogP contribution in [0.1, 0.15) is 80.8 Å². The van der Waals surface area contributed by atoms with Crippen LogP contribution in [0, 0.1) is 5.92 Å². The Morgan fingerprint density at radius 2 is 1.77 bits per heavy atom. The number of hydrogen-bond donors (Lipinski definition) is 7. The highest BCUT2D eigenvalue weighted by molar-refractivity contribution is 6.31. The van der Waals surface area contributed by atoms with Crippen molar-refractivity contribution >= 4 is 17.3 Å². The van der Waals surface area contributed by atoms with Gasteiger partial charge in [0, 0.05) is 41.1 Å². The number of aliphatic hydroxyl groups excluding tert-OH is 3. The van der Waals surface area contributed by atoms with E-state index in [2.05, 4.69) is 0 Å². The summed E-state index contributed by atoms with van der Waals surface area (Å²) in [6.07, 6.45) is -2.92. The lowest BCUT2D eigenvalue weighted by atomic mass is 9.71. The summed E-state index contributed by atoms with van der Waals surface area (Å²) in [7, 11) is 0. The zero-order valence-corrected chi connectivity index (χ0v) is 21.3. The minimum Gasteiger partial charge on any atom is -0.507 e. The molecule has 5 rings (SSSR count). The van der Waals surface area contributed by atoms with E-state index < -0.39 is 96.0 Å². The fourth-order valence-electron chi connectivity index (χ4n) is 6.32. The molecule has 0 radical (unpaired) electrons. The van der Waals surface area contributed by atoms with Gasteiger partial charge in [0.1, 0.15) is 23.7 Å². The maximum atomic E-state index is 13.6. The number of phenolic OH excluding ortho intramolecular Hbond substituents is 2. The molecule has 208 valence electrons. The number of nitrogens with two attached hydrogens (primary N) is 1. The minimum absolute atomic E-state index is 0.0555. The molecule has 1 saturated carbocycles. The third-order valence-corrected chi connectivity index (χ3v) is 8.36. The highest BCUT2D eigenvalue weighted by Gasteiger charge is 2.49. The Morgan fingerprint density at radius 1 is 1.08 bits per heavy atom. The molecule has 2 aromatic carbocycles. The zero-order chi connectivity index (χ0) is 28.4. The van der Waals surface area contributed by atoms with Gasteiger partial charge in [-0.3, -0.25) is 14.4 Å². The predicted molar refractivity (Wildman–Crippen MR) is 134 cm³/mol. The number of rotatable bonds is 5. The first-order chi connectivity index (χ1) is 18.4. The van der Waals surface area contributed by atoms with Crippen LogP contribution in [-0.2, 0) is 22.6 Å². The Bertz CT molecular complexity index is 1380. The summed E-state index contributed by atoms with van der Waals surface area (Å²) >= 11 is 0. The van der Waals surface area contributed by atoms with Crippen molar-refractivity contribution in [1.82, 2.24) is 0 Å². The topological polar surface area (TPSA) is 208 Å². The molecule has 0 heterocycles. The summed E-state index contributed by atoms with van der Waals surface area (Å²) in [6, 6.07) is 3.70. The number of carbonyl (C=O) groups is 3. The highest BCUT2D eigenvalue weighted by Crippen LogP contribution is 2.52. The lowest BCUT2D eigenvalue weighted by molar-refractivity contribution is -0.151. The van der Waals surface area contributed by atoms with Crippen molar-refractivity contribution in [2.75, 3.05) is 6.61 Å². The first kappa shape index (κ1) is 27.4. The van der Waals surface area contributed by atoms with E-state index >= 15 is 0 Å². The Hall–Kier alpha value is -3.19. The largest absolute Gasteiger partial charge is 0.507 e. The second kappa shape index (κ2) is 9.77. The average molecular weight is 542 g/mol. The average Bonchev–Trinajstić information content (AvgIpc) is 2.90. The van der Waals surface area contributed by atoms with Gasteiger partial charge in [0.25, 0.3) is 0 Å². The van der Waals surface area contributed by atoms with Gasteiger partial charge in [-0.2, -0.15) is 0 Å². The van der Waals surface area contributed by atoms with E-state index in [4.69, 9.17) is 10.5 Å². The molecule has 3 aliphatic carbocycles. The normalized spacial score (nSPS) is 29.9. The first-order valence-electron chi connectivity index (χ1n) is 12.8. The molecule has 3 aliphatic rings. The molecule has 6 atom stereocenters. The van der Waals surface area contributed by atoms with Crippen molar-refractivity contribution in [3.05, 3.63) is 57.1 Å². The van der Waals surface area contributed by atoms with E-state index in [1.165, 1.54) is 18.2 Å². The third kappa shape index (κ3) is 4.17. The molecular formula is C28H31NO10. The van der Waals surface area contributed by atoms with Crippen molar-refractivity contribution in [3.63, 3.8) is 0 Å². The molecule has 39 heavy (non-hydrogen) atoms. The van der Waals surface area contributed by atoms with E-state index in [-0.39, 0.29) is 40.2 Å². The second-order valence-corrected chi connectivity index (χ2v) is 10.8. The molecule has 1 unspecified atom stereocenters. The van der Waals surface area contributed by atoms with Crippen LogP contribution in [0.25, 0.3) is 0 Å². The van der Waals surface area contributed by atoms with Crippen LogP contribution < -0.4 is 5.73 Å². The fraction of sp³-hybridized carbons (Fsp3) is 0.464. The monoisotopic (exact) mass is 541 g/mol. The Morgan fingerprint density at radius 3 is 2.41 bits per heavy atom. The van der Waals surface area contributed by atoms with E-state index in [9.17, 15) is 45.0 Å². The molecule has 11 nitrogen and oxygen atoms in total. The summed E-state index contributed by atoms with van der Waals surface area (Å²) < 4.78 is 6.25. The Balaban J connectivity index is 1.69. The van der Waals surface area contributed by atoms with Crippen LogP contribution in [0.5, 0.6) is 11.5 Å². The zero-order valence-electron chi connectivity index (χ0n) is 21.3. The van der Waals surface area contributed by atoms with Gasteiger partial charge >= 0.3 is 0 Å². The molecule has 2 aromatic rings. The van der Waals surface area contributed by atoms with Crippen LogP contribution >= 0.6 is 0 Å². The Kier molecular flexibility index (Phi) is 6.86. The van der Waals surface area contributed by atoms with Crippen molar-refractivity contribution in [3.8, 4) is 11.5 Å². The van der Waals surface area contributed by atoms with E-state index in [0.717, 1.165) is 0 Å². The standard InChI is InChI=1S/C28H31NO10/c1-11-5-13(6-16(29)23(11)33)39-17-8-28(38,18(32)10-31)7-15-20(17)27(37)22-21(25(15)35)24(34)14-4-2-3-12(9-30)19(14)26(22)36/h2-4,11,13,16-17,23,30-31,33,35,37-38H,5-10,29H2,1H3/t11?,13-,16-,17+,23+,28+/m1/s1. The maximum absolute atomic E-state index is 13.6. The molecule has 0 amide bonds. The number of fused-ring (bicyclic) bond motifs is 3. The number of ketones is 3. The number of phenols is 2. The minimum atomic E-state index is -2.20. The number of Topliss-reactive ketones (excluding diaryl/α,β-unsaturated/α-hetero) is 1. The van der Waals surface area contributed by atoms with Crippen LogP contribution in [0.4, 0.5) is 0 Å². The summed E-state index contributed by atoms with van der Waals surface area (Å²) in [6.45, 7) is 0.256. The smallest absolute Gasteiger partial charge is 0.198 e. The summed E-state index contributed by atoms with van der Waals surface area (Å²) in [5, 5.41) is 63.7. The molecular weight excluding hydrogens is 510 g/mol. The number of carbonyl (C=O) groups excluding carboxylic acids is 3. The molecule has 0 saturated heterocycles. The van der Waals surface area contributed by atoms with Gasteiger partial charge in [-0.25, -0.2) is 0 Å². The Labute approximate surface area is 223 Å².